The van der Waals surface area contributed by atoms with Crippen LogP contribution in [-0.4, -0.2) is 45.2 Å². The van der Waals surface area contributed by atoms with E-state index in [-0.39, 0.29) is 19.1 Å². The number of aliphatic hydroxyl groups excluding tert-OH is 1. The van der Waals surface area contributed by atoms with Gasteiger partial charge in [-0.3, -0.25) is 4.90 Å². The molecule has 104 valence electrons. The van der Waals surface area contributed by atoms with Gasteiger partial charge in [-0.1, -0.05) is 0 Å². The third-order valence-corrected chi connectivity index (χ3v) is 3.04. The number of carbonyl (C=O) groups is 1. The second-order valence-electron chi connectivity index (χ2n) is 4.27. The molecule has 0 aromatic heterocycles. The minimum atomic E-state index is -0.437. The van der Waals surface area contributed by atoms with Crippen molar-refractivity contribution in [1.82, 2.24) is 0 Å². The summed E-state index contributed by atoms with van der Waals surface area (Å²) in [5, 5.41) is 9.18. The molecule has 1 fully saturated rings. The molecule has 1 N–H and O–H groups in total. The van der Waals surface area contributed by atoms with E-state index < -0.39 is 6.09 Å². The Hall–Kier alpha value is -1.95. The number of cyclic esters (lactones) is 1. The van der Waals surface area contributed by atoms with Gasteiger partial charge in [-0.15, -0.1) is 0 Å². The second-order valence-corrected chi connectivity index (χ2v) is 4.27. The number of anilines is 1. The van der Waals surface area contributed by atoms with Gasteiger partial charge in [-0.25, -0.2) is 4.79 Å². The van der Waals surface area contributed by atoms with Crippen LogP contribution in [0.4, 0.5) is 10.5 Å². The zero-order valence-corrected chi connectivity index (χ0v) is 11.0. The molecule has 6 nitrogen and oxygen atoms in total. The molecule has 1 unspecified atom stereocenters. The summed E-state index contributed by atoms with van der Waals surface area (Å²) in [5.41, 5.74) is 0.603. The molecule has 2 rings (SSSR count). The molecule has 0 saturated carbocycles. The maximum Gasteiger partial charge on any atom is 0.414 e. The molecule has 0 aliphatic carbocycles. The van der Waals surface area contributed by atoms with Crippen LogP contribution in [0.1, 0.15) is 0 Å². The fourth-order valence-electron chi connectivity index (χ4n) is 1.97. The Bertz CT molecular complexity index is 462. The van der Waals surface area contributed by atoms with Gasteiger partial charge in [0.1, 0.15) is 11.5 Å². The quantitative estimate of drug-likeness (QED) is 0.889. The van der Waals surface area contributed by atoms with Crippen molar-refractivity contribution < 1.29 is 24.1 Å². The van der Waals surface area contributed by atoms with E-state index in [0.717, 1.165) is 0 Å². The van der Waals surface area contributed by atoms with E-state index in [4.69, 9.17) is 14.2 Å². The molecule has 0 bridgehead atoms. The first-order valence-corrected chi connectivity index (χ1v) is 5.96. The van der Waals surface area contributed by atoms with Gasteiger partial charge in [0.2, 0.25) is 0 Å². The number of rotatable bonds is 4. The predicted octanol–water partition coefficient (Wildman–Crippen LogP) is 1.27. The average molecular weight is 267 g/mol. The fraction of sp³-hybridized carbons (Fsp3) is 0.462. The van der Waals surface area contributed by atoms with Crippen molar-refractivity contribution in [2.75, 3.05) is 38.9 Å². The largest absolute Gasteiger partial charge is 0.497 e. The van der Waals surface area contributed by atoms with Gasteiger partial charge < -0.3 is 19.3 Å². The Morgan fingerprint density at radius 1 is 1.42 bits per heavy atom. The van der Waals surface area contributed by atoms with Crippen LogP contribution in [0.5, 0.6) is 11.5 Å². The summed E-state index contributed by atoms with van der Waals surface area (Å²) >= 11 is 0. The Balaban J connectivity index is 2.31. The first-order chi connectivity index (χ1) is 9.19. The van der Waals surface area contributed by atoms with Gasteiger partial charge in [0.05, 0.1) is 33.1 Å². The molecular weight excluding hydrogens is 250 g/mol. The zero-order valence-electron chi connectivity index (χ0n) is 11.0. The molecule has 1 aromatic carbocycles. The molecule has 19 heavy (non-hydrogen) atoms. The van der Waals surface area contributed by atoms with Crippen LogP contribution in [0.25, 0.3) is 0 Å². The van der Waals surface area contributed by atoms with Crippen molar-refractivity contribution in [1.29, 1.82) is 0 Å². The van der Waals surface area contributed by atoms with Crippen molar-refractivity contribution >= 4 is 11.8 Å². The Labute approximate surface area is 111 Å². The Morgan fingerprint density at radius 3 is 2.84 bits per heavy atom. The van der Waals surface area contributed by atoms with Crippen LogP contribution < -0.4 is 14.4 Å². The smallest absolute Gasteiger partial charge is 0.414 e. The molecule has 1 aliphatic heterocycles. The highest BCUT2D eigenvalue weighted by molar-refractivity contribution is 5.90. The number of carbonyl (C=O) groups excluding carboxylic acids is 1. The molecule has 6 heteroatoms. The van der Waals surface area contributed by atoms with Gasteiger partial charge in [0.25, 0.3) is 0 Å². The third kappa shape index (κ3) is 2.73. The molecular formula is C13H17NO5. The van der Waals surface area contributed by atoms with E-state index in [2.05, 4.69) is 0 Å². The normalized spacial score (nSPS) is 19.0. The summed E-state index contributed by atoms with van der Waals surface area (Å²) in [6.45, 7) is 0.616. The van der Waals surface area contributed by atoms with Crippen molar-refractivity contribution in [3.8, 4) is 11.5 Å². The molecule has 1 aliphatic rings. The highest BCUT2D eigenvalue weighted by atomic mass is 16.6. The summed E-state index contributed by atoms with van der Waals surface area (Å²) in [6, 6.07) is 5.18. The van der Waals surface area contributed by atoms with Crippen molar-refractivity contribution in [3.05, 3.63) is 18.2 Å². The van der Waals surface area contributed by atoms with E-state index >= 15 is 0 Å². The maximum absolute atomic E-state index is 11.8. The van der Waals surface area contributed by atoms with Crippen LogP contribution in [-0.2, 0) is 4.74 Å². The van der Waals surface area contributed by atoms with E-state index in [1.165, 1.54) is 12.0 Å². The lowest BCUT2D eigenvalue weighted by Gasteiger charge is -2.32. The number of hydrogen-bond donors (Lipinski definition) is 1. The SMILES string of the molecule is COc1ccc(N2CC(CO)COC2=O)c(OC)c1. The summed E-state index contributed by atoms with van der Waals surface area (Å²) in [7, 11) is 3.09. The molecule has 1 saturated heterocycles. The lowest BCUT2D eigenvalue weighted by atomic mass is 10.1. The molecule has 0 spiro atoms. The first kappa shape index (κ1) is 13.5. The third-order valence-electron chi connectivity index (χ3n) is 3.04. The zero-order chi connectivity index (χ0) is 13.8. The Kier molecular flexibility index (Phi) is 4.11. The first-order valence-electron chi connectivity index (χ1n) is 5.96. The van der Waals surface area contributed by atoms with Crippen molar-refractivity contribution in [2.45, 2.75) is 0 Å². The fourth-order valence-corrected chi connectivity index (χ4v) is 1.97. The molecule has 1 atom stereocenters. The summed E-state index contributed by atoms with van der Waals surface area (Å²) in [6.07, 6.45) is -0.437. The van der Waals surface area contributed by atoms with Crippen LogP contribution in [0.3, 0.4) is 0 Å². The number of methoxy groups -OCH3 is 2. The topological polar surface area (TPSA) is 68.2 Å². The minimum Gasteiger partial charge on any atom is -0.497 e. The van der Waals surface area contributed by atoms with Crippen LogP contribution in [0, 0.1) is 5.92 Å². The number of amides is 1. The van der Waals surface area contributed by atoms with Crippen molar-refractivity contribution in [2.24, 2.45) is 5.92 Å². The number of ether oxygens (including phenoxy) is 3. The molecule has 1 heterocycles. The number of benzene rings is 1. The second kappa shape index (κ2) is 5.79. The standard InChI is InChI=1S/C13H17NO5/c1-17-10-3-4-11(12(5-10)18-2)14-6-9(7-15)8-19-13(14)16/h3-5,9,15H,6-8H2,1-2H3. The number of aliphatic hydroxyl groups is 1. The Morgan fingerprint density at radius 2 is 2.21 bits per heavy atom. The lowest BCUT2D eigenvalue weighted by Crippen LogP contribution is -2.44. The van der Waals surface area contributed by atoms with Crippen LogP contribution >= 0.6 is 0 Å². The number of hydrogen-bond acceptors (Lipinski definition) is 5. The maximum atomic E-state index is 11.8. The highest BCUT2D eigenvalue weighted by Crippen LogP contribution is 2.34. The van der Waals surface area contributed by atoms with Crippen LogP contribution in [0.2, 0.25) is 0 Å². The van der Waals surface area contributed by atoms with Crippen molar-refractivity contribution in [3.63, 3.8) is 0 Å². The van der Waals surface area contributed by atoms with Crippen LogP contribution in [0.15, 0.2) is 18.2 Å². The summed E-state index contributed by atoms with van der Waals surface area (Å²) in [5.74, 6) is 1.07. The number of nitrogens with zero attached hydrogens (tertiary/aromatic N) is 1. The summed E-state index contributed by atoms with van der Waals surface area (Å²) < 4.78 is 15.4. The highest BCUT2D eigenvalue weighted by Gasteiger charge is 2.29. The van der Waals surface area contributed by atoms with E-state index in [9.17, 15) is 9.90 Å². The average Bonchev–Trinajstić information content (AvgIpc) is 2.47. The monoisotopic (exact) mass is 267 g/mol. The molecule has 1 aromatic rings. The minimum absolute atomic E-state index is 0.0255. The van der Waals surface area contributed by atoms with Gasteiger partial charge in [0.15, 0.2) is 0 Å². The van der Waals surface area contributed by atoms with Gasteiger partial charge in [-0.05, 0) is 12.1 Å². The van der Waals surface area contributed by atoms with E-state index in [0.29, 0.717) is 23.7 Å². The predicted molar refractivity (Wildman–Crippen MR) is 68.8 cm³/mol. The molecule has 1 amide bonds. The van der Waals surface area contributed by atoms with Gasteiger partial charge >= 0.3 is 6.09 Å². The summed E-state index contributed by atoms with van der Waals surface area (Å²) in [4.78, 5) is 13.3. The van der Waals surface area contributed by atoms with Gasteiger partial charge in [0, 0.05) is 18.5 Å². The van der Waals surface area contributed by atoms with Gasteiger partial charge in [-0.2, -0.15) is 0 Å². The lowest BCUT2D eigenvalue weighted by molar-refractivity contribution is 0.0898. The van der Waals surface area contributed by atoms with E-state index in [1.807, 2.05) is 0 Å². The molecule has 0 radical (unpaired) electrons. The van der Waals surface area contributed by atoms with E-state index in [1.54, 1.807) is 25.3 Å².